The van der Waals surface area contributed by atoms with Gasteiger partial charge in [0.25, 0.3) is 5.91 Å². The van der Waals surface area contributed by atoms with Crippen molar-refractivity contribution in [1.29, 1.82) is 0 Å². The SMILES string of the molecule is CCN1C[C@H](c2cc(OC)n3ncc(C(=O)Nc4ccc(Cl)cc4)c3n2)CC1=O. The first-order valence-electron chi connectivity index (χ1n) is 9.27. The van der Waals surface area contributed by atoms with E-state index < -0.39 is 0 Å². The van der Waals surface area contributed by atoms with Gasteiger partial charge in [-0.3, -0.25) is 9.59 Å². The lowest BCUT2D eigenvalue weighted by atomic mass is 10.0. The van der Waals surface area contributed by atoms with Crippen LogP contribution >= 0.6 is 11.6 Å². The largest absolute Gasteiger partial charge is 0.481 e. The van der Waals surface area contributed by atoms with Gasteiger partial charge in [-0.2, -0.15) is 9.61 Å². The fourth-order valence-electron chi connectivity index (χ4n) is 3.48. The number of likely N-dealkylation sites (tertiary alicyclic amines) is 1. The lowest BCUT2D eigenvalue weighted by molar-refractivity contribution is -0.127. The Hall–Kier alpha value is -3.13. The summed E-state index contributed by atoms with van der Waals surface area (Å²) >= 11 is 5.89. The van der Waals surface area contributed by atoms with E-state index in [1.165, 1.54) is 17.8 Å². The van der Waals surface area contributed by atoms with Crippen LogP contribution in [0.15, 0.2) is 36.5 Å². The van der Waals surface area contributed by atoms with Crippen LogP contribution in [0.1, 0.15) is 35.3 Å². The highest BCUT2D eigenvalue weighted by Gasteiger charge is 2.31. The van der Waals surface area contributed by atoms with Crippen molar-refractivity contribution in [2.24, 2.45) is 0 Å². The predicted octanol–water partition coefficient (Wildman–Crippen LogP) is 2.98. The maximum Gasteiger partial charge on any atom is 0.261 e. The highest BCUT2D eigenvalue weighted by molar-refractivity contribution is 6.30. The summed E-state index contributed by atoms with van der Waals surface area (Å²) in [7, 11) is 1.53. The maximum absolute atomic E-state index is 12.8. The van der Waals surface area contributed by atoms with Crippen LogP contribution in [0.4, 0.5) is 5.69 Å². The van der Waals surface area contributed by atoms with Gasteiger partial charge < -0.3 is 15.0 Å². The number of halogens is 1. The summed E-state index contributed by atoms with van der Waals surface area (Å²) in [5, 5.41) is 7.65. The summed E-state index contributed by atoms with van der Waals surface area (Å²) in [5.41, 5.74) is 2.02. The second kappa shape index (κ2) is 7.71. The Labute approximate surface area is 172 Å². The summed E-state index contributed by atoms with van der Waals surface area (Å²) in [4.78, 5) is 31.4. The van der Waals surface area contributed by atoms with Gasteiger partial charge in [0.2, 0.25) is 11.8 Å². The van der Waals surface area contributed by atoms with Gasteiger partial charge in [-0.05, 0) is 31.2 Å². The van der Waals surface area contributed by atoms with E-state index in [1.54, 1.807) is 35.2 Å². The molecule has 2 aromatic heterocycles. The topological polar surface area (TPSA) is 88.8 Å². The zero-order chi connectivity index (χ0) is 20.5. The van der Waals surface area contributed by atoms with Crippen LogP contribution in [0.3, 0.4) is 0 Å². The molecule has 2 amide bonds. The molecule has 3 aromatic rings. The molecule has 0 unspecified atom stereocenters. The third kappa shape index (κ3) is 3.63. The summed E-state index contributed by atoms with van der Waals surface area (Å²) in [6.07, 6.45) is 1.85. The third-order valence-corrected chi connectivity index (χ3v) is 5.28. The third-order valence-electron chi connectivity index (χ3n) is 5.03. The van der Waals surface area contributed by atoms with Crippen molar-refractivity contribution in [1.82, 2.24) is 19.5 Å². The molecule has 8 nitrogen and oxygen atoms in total. The second-order valence-electron chi connectivity index (χ2n) is 6.81. The molecule has 0 aliphatic carbocycles. The number of likely N-dealkylation sites (N-methyl/N-ethyl adjacent to an activating group) is 1. The highest BCUT2D eigenvalue weighted by atomic mass is 35.5. The molecule has 1 aliphatic heterocycles. The molecule has 150 valence electrons. The number of rotatable bonds is 5. The van der Waals surface area contributed by atoms with Crippen LogP contribution in [0.25, 0.3) is 5.65 Å². The normalized spacial score (nSPS) is 16.4. The molecule has 0 bridgehead atoms. The number of benzene rings is 1. The number of anilines is 1. The Balaban J connectivity index is 1.69. The van der Waals surface area contributed by atoms with Crippen molar-refractivity contribution in [2.75, 3.05) is 25.5 Å². The molecule has 4 rings (SSSR count). The smallest absolute Gasteiger partial charge is 0.261 e. The molecule has 1 aliphatic rings. The van der Waals surface area contributed by atoms with Crippen molar-refractivity contribution < 1.29 is 14.3 Å². The Morgan fingerprint density at radius 2 is 2.10 bits per heavy atom. The van der Waals surface area contributed by atoms with Gasteiger partial charge in [-0.1, -0.05) is 11.6 Å². The van der Waals surface area contributed by atoms with E-state index in [-0.39, 0.29) is 17.7 Å². The molecular formula is C20H20ClN5O3. The van der Waals surface area contributed by atoms with E-state index in [4.69, 9.17) is 16.3 Å². The minimum absolute atomic E-state index is 0.0524. The van der Waals surface area contributed by atoms with E-state index >= 15 is 0 Å². The van der Waals surface area contributed by atoms with Gasteiger partial charge in [-0.15, -0.1) is 0 Å². The van der Waals surface area contributed by atoms with Gasteiger partial charge >= 0.3 is 0 Å². The van der Waals surface area contributed by atoms with Crippen LogP contribution in [-0.2, 0) is 4.79 Å². The predicted molar refractivity (Wildman–Crippen MR) is 109 cm³/mol. The Kier molecular flexibility index (Phi) is 5.10. The molecule has 1 fully saturated rings. The number of hydrogen-bond donors (Lipinski definition) is 1. The summed E-state index contributed by atoms with van der Waals surface area (Å²) in [6.45, 7) is 3.21. The second-order valence-corrected chi connectivity index (χ2v) is 7.25. The van der Waals surface area contributed by atoms with Crippen LogP contribution in [0.2, 0.25) is 5.02 Å². The monoisotopic (exact) mass is 413 g/mol. The lowest BCUT2D eigenvalue weighted by Gasteiger charge is -2.14. The van der Waals surface area contributed by atoms with Crippen molar-refractivity contribution in [3.05, 3.63) is 52.8 Å². The molecule has 3 heterocycles. The Morgan fingerprint density at radius 1 is 1.34 bits per heavy atom. The number of fused-ring (bicyclic) bond motifs is 1. The van der Waals surface area contributed by atoms with Crippen LogP contribution in [0.5, 0.6) is 5.88 Å². The average molecular weight is 414 g/mol. The van der Waals surface area contributed by atoms with Crippen molar-refractivity contribution in [3.63, 3.8) is 0 Å². The van der Waals surface area contributed by atoms with Gasteiger partial charge in [0, 0.05) is 42.2 Å². The zero-order valence-electron chi connectivity index (χ0n) is 16.1. The molecule has 1 saturated heterocycles. The fraction of sp³-hybridized carbons (Fsp3) is 0.300. The van der Waals surface area contributed by atoms with Gasteiger partial charge in [0.05, 0.1) is 19.0 Å². The first-order chi connectivity index (χ1) is 14.0. The molecule has 1 atom stereocenters. The molecule has 0 saturated carbocycles. The minimum Gasteiger partial charge on any atom is -0.481 e. The van der Waals surface area contributed by atoms with Crippen molar-refractivity contribution in [3.8, 4) is 5.88 Å². The molecule has 0 radical (unpaired) electrons. The number of carbonyl (C=O) groups is 2. The zero-order valence-corrected chi connectivity index (χ0v) is 16.8. The van der Waals surface area contributed by atoms with Crippen molar-refractivity contribution >= 4 is 34.7 Å². The number of hydrogen-bond acceptors (Lipinski definition) is 5. The molecule has 1 N–H and O–H groups in total. The fourth-order valence-corrected chi connectivity index (χ4v) is 3.60. The molecular weight excluding hydrogens is 394 g/mol. The first kappa shape index (κ1) is 19.2. The van der Waals surface area contributed by atoms with E-state index in [9.17, 15) is 9.59 Å². The standard InChI is InChI=1S/C20H20ClN5O3/c1-3-25-11-12(8-17(25)27)16-9-18(29-2)26-19(24-16)15(10-22-26)20(28)23-14-6-4-13(21)5-7-14/h4-7,9-10,12H,3,8,11H2,1-2H3,(H,23,28)/t12-/m1/s1. The summed E-state index contributed by atoms with van der Waals surface area (Å²) < 4.78 is 6.93. The number of ether oxygens (including phenoxy) is 1. The molecule has 1 aromatic carbocycles. The Bertz CT molecular complexity index is 1080. The van der Waals surface area contributed by atoms with Crippen LogP contribution in [-0.4, -0.2) is 51.5 Å². The quantitative estimate of drug-likeness (QED) is 0.694. The maximum atomic E-state index is 12.8. The Morgan fingerprint density at radius 3 is 2.76 bits per heavy atom. The number of methoxy groups -OCH3 is 1. The number of aromatic nitrogens is 3. The molecule has 29 heavy (non-hydrogen) atoms. The van der Waals surface area contributed by atoms with Crippen LogP contribution in [0, 0.1) is 0 Å². The average Bonchev–Trinajstić information content (AvgIpc) is 3.32. The van der Waals surface area contributed by atoms with Gasteiger partial charge in [0.1, 0.15) is 5.56 Å². The molecule has 9 heteroatoms. The van der Waals surface area contributed by atoms with Crippen molar-refractivity contribution in [2.45, 2.75) is 19.3 Å². The minimum atomic E-state index is -0.341. The highest BCUT2D eigenvalue weighted by Crippen LogP contribution is 2.30. The number of nitrogens with one attached hydrogen (secondary N) is 1. The number of nitrogens with zero attached hydrogens (tertiary/aromatic N) is 4. The summed E-state index contributed by atoms with van der Waals surface area (Å²) in [5.74, 6) is 0.167. The lowest BCUT2D eigenvalue weighted by Crippen LogP contribution is -2.24. The van der Waals surface area contributed by atoms with E-state index in [0.29, 0.717) is 53.0 Å². The number of amides is 2. The van der Waals surface area contributed by atoms with E-state index in [0.717, 1.165) is 0 Å². The van der Waals surface area contributed by atoms with Crippen LogP contribution < -0.4 is 10.1 Å². The van der Waals surface area contributed by atoms with E-state index in [2.05, 4.69) is 15.4 Å². The molecule has 0 spiro atoms. The summed E-state index contributed by atoms with van der Waals surface area (Å²) in [6, 6.07) is 8.61. The van der Waals surface area contributed by atoms with E-state index in [1.807, 2.05) is 6.92 Å². The van der Waals surface area contributed by atoms with Gasteiger partial charge in [0.15, 0.2) is 5.65 Å². The van der Waals surface area contributed by atoms with Gasteiger partial charge in [-0.25, -0.2) is 4.98 Å². The number of carbonyl (C=O) groups excluding carboxylic acids is 2. The first-order valence-corrected chi connectivity index (χ1v) is 9.65.